The largest absolute Gasteiger partial charge is 0.493 e. The lowest BCUT2D eigenvalue weighted by atomic mass is 10.1. The molecule has 122 valence electrons. The summed E-state index contributed by atoms with van der Waals surface area (Å²) in [4.78, 5) is 15.6. The normalized spacial score (nSPS) is 10.4. The summed E-state index contributed by atoms with van der Waals surface area (Å²) in [5, 5.41) is 0. The maximum atomic E-state index is 11.2. The second kappa shape index (κ2) is 8.67. The van der Waals surface area contributed by atoms with E-state index in [0.29, 0.717) is 6.61 Å². The zero-order chi connectivity index (χ0) is 16.7. The molecule has 0 N–H and O–H groups in total. The van der Waals surface area contributed by atoms with Crippen LogP contribution in [0.15, 0.2) is 41.0 Å². The molecule has 2 aromatic rings. The summed E-state index contributed by atoms with van der Waals surface area (Å²) in [6.45, 7) is 2.67. The first-order valence-electron chi connectivity index (χ1n) is 7.48. The third kappa shape index (κ3) is 5.36. The van der Waals surface area contributed by atoms with Crippen LogP contribution in [0.2, 0.25) is 0 Å². The standard InChI is InChI=1S/C18H20BrNO3/c1-13-16(19)6-3-7-17(13)23-10-4-5-15-9-8-14(12-20-15)11-18(21)22-2/h3,6-9,12H,4-5,10-11H2,1-2H3. The average molecular weight is 378 g/mol. The maximum absolute atomic E-state index is 11.2. The van der Waals surface area contributed by atoms with Crippen LogP contribution in [0.5, 0.6) is 5.75 Å². The fourth-order valence-corrected chi connectivity index (χ4v) is 2.47. The Hall–Kier alpha value is -1.88. The summed E-state index contributed by atoms with van der Waals surface area (Å²) in [5.41, 5.74) is 2.97. The van der Waals surface area contributed by atoms with Crippen molar-refractivity contribution in [2.45, 2.75) is 26.2 Å². The second-order valence-electron chi connectivity index (χ2n) is 5.23. The number of esters is 1. The lowest BCUT2D eigenvalue weighted by molar-refractivity contribution is -0.139. The lowest BCUT2D eigenvalue weighted by Gasteiger charge is -2.10. The zero-order valence-corrected chi connectivity index (χ0v) is 14.9. The van der Waals surface area contributed by atoms with Gasteiger partial charge in [0, 0.05) is 21.9 Å². The Morgan fingerprint density at radius 3 is 2.78 bits per heavy atom. The minimum absolute atomic E-state index is 0.252. The molecule has 1 heterocycles. The van der Waals surface area contributed by atoms with E-state index in [4.69, 9.17) is 4.74 Å². The van der Waals surface area contributed by atoms with E-state index in [1.54, 1.807) is 6.20 Å². The van der Waals surface area contributed by atoms with E-state index < -0.39 is 0 Å². The Labute approximate surface area is 145 Å². The van der Waals surface area contributed by atoms with Crippen molar-refractivity contribution in [3.8, 4) is 5.75 Å². The number of methoxy groups -OCH3 is 1. The number of aryl methyl sites for hydroxylation is 1. The van der Waals surface area contributed by atoms with Crippen molar-refractivity contribution in [1.29, 1.82) is 0 Å². The molecule has 0 spiro atoms. The number of ether oxygens (including phenoxy) is 2. The van der Waals surface area contributed by atoms with E-state index in [2.05, 4.69) is 25.7 Å². The number of halogens is 1. The van der Waals surface area contributed by atoms with E-state index in [-0.39, 0.29) is 12.4 Å². The second-order valence-corrected chi connectivity index (χ2v) is 6.08. The summed E-state index contributed by atoms with van der Waals surface area (Å²) in [6.07, 6.45) is 3.71. The van der Waals surface area contributed by atoms with Crippen LogP contribution in [-0.2, 0) is 22.4 Å². The topological polar surface area (TPSA) is 48.4 Å². The fourth-order valence-electron chi connectivity index (χ4n) is 2.13. The number of nitrogens with zero attached hydrogens (tertiary/aromatic N) is 1. The van der Waals surface area contributed by atoms with Crippen LogP contribution < -0.4 is 4.74 Å². The molecule has 5 heteroatoms. The van der Waals surface area contributed by atoms with Gasteiger partial charge >= 0.3 is 5.97 Å². The molecular weight excluding hydrogens is 358 g/mol. The molecule has 1 aromatic carbocycles. The van der Waals surface area contributed by atoms with Gasteiger partial charge in [0.25, 0.3) is 0 Å². The molecule has 23 heavy (non-hydrogen) atoms. The summed E-state index contributed by atoms with van der Waals surface area (Å²) in [7, 11) is 1.39. The molecule has 0 radical (unpaired) electrons. The molecule has 0 fully saturated rings. The third-order valence-corrected chi connectivity index (χ3v) is 4.37. The molecule has 0 aliphatic heterocycles. The summed E-state index contributed by atoms with van der Waals surface area (Å²) in [5.74, 6) is 0.651. The fraction of sp³-hybridized carbons (Fsp3) is 0.333. The van der Waals surface area contributed by atoms with Crippen molar-refractivity contribution in [1.82, 2.24) is 4.98 Å². The molecule has 0 aliphatic carbocycles. The van der Waals surface area contributed by atoms with Gasteiger partial charge < -0.3 is 9.47 Å². The number of benzene rings is 1. The molecule has 0 saturated carbocycles. The highest BCUT2D eigenvalue weighted by atomic mass is 79.9. The zero-order valence-electron chi connectivity index (χ0n) is 13.3. The highest BCUT2D eigenvalue weighted by Crippen LogP contribution is 2.25. The smallest absolute Gasteiger partial charge is 0.310 e. The monoisotopic (exact) mass is 377 g/mol. The van der Waals surface area contributed by atoms with Gasteiger partial charge in [-0.2, -0.15) is 0 Å². The summed E-state index contributed by atoms with van der Waals surface area (Å²) in [6, 6.07) is 9.80. The number of hydrogen-bond donors (Lipinski definition) is 0. The van der Waals surface area contributed by atoms with Gasteiger partial charge in [0.05, 0.1) is 20.1 Å². The Kier molecular flexibility index (Phi) is 6.59. The van der Waals surface area contributed by atoms with Crippen LogP contribution in [0.3, 0.4) is 0 Å². The van der Waals surface area contributed by atoms with Gasteiger partial charge in [0.1, 0.15) is 5.75 Å². The van der Waals surface area contributed by atoms with E-state index in [0.717, 1.165) is 39.9 Å². The molecule has 0 saturated heterocycles. The minimum Gasteiger partial charge on any atom is -0.493 e. The SMILES string of the molecule is COC(=O)Cc1ccc(CCCOc2cccc(Br)c2C)nc1. The molecular formula is C18H20BrNO3. The van der Waals surface area contributed by atoms with Gasteiger partial charge in [-0.15, -0.1) is 0 Å². The molecule has 0 amide bonds. The maximum Gasteiger partial charge on any atom is 0.310 e. The molecule has 0 bridgehead atoms. The van der Waals surface area contributed by atoms with Crippen molar-refractivity contribution in [2.75, 3.05) is 13.7 Å². The highest BCUT2D eigenvalue weighted by Gasteiger charge is 2.05. The molecule has 0 aliphatic rings. The number of hydrogen-bond acceptors (Lipinski definition) is 4. The number of pyridine rings is 1. The van der Waals surface area contributed by atoms with Gasteiger partial charge in [0.15, 0.2) is 0 Å². The number of rotatable bonds is 7. The Morgan fingerprint density at radius 2 is 2.09 bits per heavy atom. The molecule has 4 nitrogen and oxygen atoms in total. The lowest BCUT2D eigenvalue weighted by Crippen LogP contribution is -2.05. The third-order valence-electron chi connectivity index (χ3n) is 3.51. The van der Waals surface area contributed by atoms with Gasteiger partial charge in [0.2, 0.25) is 0 Å². The van der Waals surface area contributed by atoms with Crippen LogP contribution in [0.1, 0.15) is 23.2 Å². The molecule has 0 unspecified atom stereocenters. The van der Waals surface area contributed by atoms with E-state index in [1.165, 1.54) is 7.11 Å². The first kappa shape index (κ1) is 17.5. The Balaban J connectivity index is 1.78. The van der Waals surface area contributed by atoms with Crippen LogP contribution in [0, 0.1) is 6.92 Å². The predicted molar refractivity (Wildman–Crippen MR) is 92.7 cm³/mol. The van der Waals surface area contributed by atoms with Crippen molar-refractivity contribution in [3.63, 3.8) is 0 Å². The van der Waals surface area contributed by atoms with Gasteiger partial charge in [-0.1, -0.05) is 28.1 Å². The van der Waals surface area contributed by atoms with Crippen molar-refractivity contribution < 1.29 is 14.3 Å². The average Bonchev–Trinajstić information content (AvgIpc) is 2.56. The van der Waals surface area contributed by atoms with Crippen molar-refractivity contribution >= 4 is 21.9 Å². The molecule has 0 atom stereocenters. The van der Waals surface area contributed by atoms with E-state index in [9.17, 15) is 4.79 Å². The van der Waals surface area contributed by atoms with Crippen LogP contribution in [-0.4, -0.2) is 24.7 Å². The number of carbonyl (C=O) groups excluding carboxylic acids is 1. The van der Waals surface area contributed by atoms with E-state index in [1.807, 2.05) is 37.3 Å². The van der Waals surface area contributed by atoms with Gasteiger partial charge in [-0.25, -0.2) is 0 Å². The van der Waals surface area contributed by atoms with Gasteiger partial charge in [-0.05, 0) is 43.5 Å². The van der Waals surface area contributed by atoms with Gasteiger partial charge in [-0.3, -0.25) is 9.78 Å². The quantitative estimate of drug-likeness (QED) is 0.542. The first-order chi connectivity index (χ1) is 11.1. The Bertz CT molecular complexity index is 656. The predicted octanol–water partition coefficient (Wildman–Crippen LogP) is 3.88. The first-order valence-corrected chi connectivity index (χ1v) is 8.28. The number of aromatic nitrogens is 1. The van der Waals surface area contributed by atoms with Crippen molar-refractivity contribution in [3.05, 3.63) is 57.8 Å². The highest BCUT2D eigenvalue weighted by molar-refractivity contribution is 9.10. The molecule has 1 aromatic heterocycles. The summed E-state index contributed by atoms with van der Waals surface area (Å²) >= 11 is 3.50. The number of carbonyl (C=O) groups is 1. The summed E-state index contributed by atoms with van der Waals surface area (Å²) < 4.78 is 11.5. The van der Waals surface area contributed by atoms with Crippen LogP contribution >= 0.6 is 15.9 Å². The van der Waals surface area contributed by atoms with Crippen LogP contribution in [0.4, 0.5) is 0 Å². The van der Waals surface area contributed by atoms with Crippen LogP contribution in [0.25, 0.3) is 0 Å². The van der Waals surface area contributed by atoms with E-state index >= 15 is 0 Å². The Morgan fingerprint density at radius 1 is 1.26 bits per heavy atom. The van der Waals surface area contributed by atoms with Crippen molar-refractivity contribution in [2.24, 2.45) is 0 Å². The molecule has 2 rings (SSSR count). The minimum atomic E-state index is -0.252.